The number of fused-ring (bicyclic) bond motifs is 2. The summed E-state index contributed by atoms with van der Waals surface area (Å²) < 4.78 is 271. The molecule has 588 valence electrons. The predicted molar refractivity (Wildman–Crippen MR) is 321 cm³/mol. The minimum absolute atomic E-state index is 0.158. The van der Waals surface area contributed by atoms with Gasteiger partial charge < -0.3 is 71.8 Å². The Morgan fingerprint density at radius 2 is 0.817 bits per heavy atom. The maximum absolute atomic E-state index is 13.7. The van der Waals surface area contributed by atoms with Crippen molar-refractivity contribution in [2.75, 3.05) is 0 Å². The Bertz CT molecular complexity index is 3810. The number of aliphatic hydroxyl groups is 4. The Balaban J connectivity index is 0.000000123. The lowest BCUT2D eigenvalue weighted by Crippen LogP contribution is -2.64. The molecular formula is C62H76F8O29S5-4. The van der Waals surface area contributed by atoms with Gasteiger partial charge in [-0.25, -0.2) is 52.8 Å². The van der Waals surface area contributed by atoms with Gasteiger partial charge in [-0.3, -0.25) is 9.59 Å². The molecule has 12 bridgehead atoms. The predicted octanol–water partition coefficient (Wildman–Crippen LogP) is 3.76. The number of ether oxygens (including phenoxy) is 7. The van der Waals surface area contributed by atoms with Gasteiger partial charge in [0.2, 0.25) is 0 Å². The molecule has 42 heteroatoms. The average Bonchev–Trinajstić information content (AvgIpc) is 1.64. The highest BCUT2D eigenvalue weighted by Crippen LogP contribution is 2.70. The van der Waals surface area contributed by atoms with E-state index in [1.165, 1.54) is 11.8 Å². The first-order valence-electron chi connectivity index (χ1n) is 34.6. The number of carbonyl (C=O) groups excluding carboxylic acids is 6. The van der Waals surface area contributed by atoms with E-state index in [2.05, 4.69) is 9.47 Å². The van der Waals surface area contributed by atoms with Crippen LogP contribution < -0.4 is 0 Å². The summed E-state index contributed by atoms with van der Waals surface area (Å²) in [5, 5.41) is 22.5. The van der Waals surface area contributed by atoms with Crippen LogP contribution in [0.2, 0.25) is 0 Å². The van der Waals surface area contributed by atoms with Gasteiger partial charge in [0.15, 0.2) is 64.9 Å². The zero-order valence-electron chi connectivity index (χ0n) is 55.0. The van der Waals surface area contributed by atoms with E-state index in [1.807, 2.05) is 0 Å². The largest absolute Gasteiger partial charge is 0.743 e. The fourth-order valence-corrected chi connectivity index (χ4v) is 25.8. The first kappa shape index (κ1) is 78.2. The van der Waals surface area contributed by atoms with Gasteiger partial charge >= 0.3 is 56.8 Å². The standard InChI is InChI=1S/2C17H24F2O6S.C14H16F2O9S.C14H16F2O8S2/c18-17(19,26(22,23)24)13(20)25-15-8-11-5-12(9-15)7-14(6-11,10-15)16(21)3-1-2-4-16;18-17(19,26(22,23)24)14(20)25-13-11-5-10-6-12(13)9-15(7-10,8-11)16(21)3-1-2-4-16;15-14(16,26(20,21)22)12(18)25-10-8-6(13(19)3-1-2-4-13)5-7(23-8)9(10)24-11(5)17;15-14(16,26(20,21)22)12(18)24-8-7-9-5(11(17)23-7)6(10(8)25-9)13(19)3-1-2-4-13/h11-12,21H,1-10H2,(H,22,23,24);10-13,21H,1-9H2,(H,22,23,24);2*5-10,19H,1-4H2,(H,20,21,22)/p-4. The number of hydrogen-bond donors (Lipinski definition) is 4. The molecule has 18 rings (SSSR count). The van der Waals surface area contributed by atoms with Crippen LogP contribution in [0, 0.1) is 64.1 Å². The summed E-state index contributed by atoms with van der Waals surface area (Å²) in [7, 11) is -24.8. The van der Waals surface area contributed by atoms with Crippen LogP contribution in [0.4, 0.5) is 35.1 Å². The maximum Gasteiger partial charge on any atom is 0.428 e. The van der Waals surface area contributed by atoms with Gasteiger partial charge in [0.1, 0.15) is 23.9 Å². The van der Waals surface area contributed by atoms with Crippen molar-refractivity contribution in [3.63, 3.8) is 0 Å². The Hall–Kier alpha value is -3.95. The molecule has 0 aromatic carbocycles. The van der Waals surface area contributed by atoms with Gasteiger partial charge in [-0.2, -0.15) is 35.1 Å². The van der Waals surface area contributed by atoms with Gasteiger partial charge in [0, 0.05) is 22.7 Å². The first-order valence-corrected chi connectivity index (χ1v) is 41.2. The van der Waals surface area contributed by atoms with Crippen LogP contribution in [-0.2, 0) is 102 Å². The van der Waals surface area contributed by atoms with E-state index in [0.29, 0.717) is 83.0 Å². The molecule has 0 amide bonds. The summed E-state index contributed by atoms with van der Waals surface area (Å²) in [6.07, 6.45) is 10.4. The van der Waals surface area contributed by atoms with Crippen LogP contribution in [0.25, 0.3) is 0 Å². The molecule has 29 nitrogen and oxygen atoms in total. The van der Waals surface area contributed by atoms with E-state index in [1.54, 1.807) is 0 Å². The van der Waals surface area contributed by atoms with E-state index in [4.69, 9.17) is 23.7 Å². The second kappa shape index (κ2) is 25.6. The molecule has 104 heavy (non-hydrogen) atoms. The summed E-state index contributed by atoms with van der Waals surface area (Å²) >= 11 is 1.22. The van der Waals surface area contributed by atoms with Crippen molar-refractivity contribution in [2.45, 2.75) is 276 Å². The maximum atomic E-state index is 13.7. The normalized spacial score (nSPS) is 41.0. The lowest BCUT2D eigenvalue weighted by Gasteiger charge is -2.65. The van der Waals surface area contributed by atoms with E-state index in [0.717, 1.165) is 89.9 Å². The third kappa shape index (κ3) is 12.5. The molecule has 0 radical (unpaired) electrons. The number of rotatable bonds is 16. The quantitative estimate of drug-likeness (QED) is 0.0739. The first-order chi connectivity index (χ1) is 47.8. The molecule has 18 fully saturated rings. The van der Waals surface area contributed by atoms with Crippen LogP contribution in [0.3, 0.4) is 0 Å². The summed E-state index contributed by atoms with van der Waals surface area (Å²) in [5.74, 6) is -13.4. The lowest BCUT2D eigenvalue weighted by molar-refractivity contribution is -0.246. The number of alkyl halides is 8. The van der Waals surface area contributed by atoms with Gasteiger partial charge in [-0.1, -0.05) is 51.4 Å². The zero-order valence-corrected chi connectivity index (χ0v) is 59.1. The molecule has 4 N–H and O–H groups in total. The lowest BCUT2D eigenvalue weighted by atomic mass is 9.43. The van der Waals surface area contributed by atoms with Crippen molar-refractivity contribution in [1.82, 2.24) is 0 Å². The Labute approximate surface area is 594 Å². The Kier molecular flexibility index (Phi) is 19.2. The van der Waals surface area contributed by atoms with Crippen LogP contribution in [-0.4, -0.2) is 210 Å². The average molecular weight is 1600 g/mol. The topological polar surface area (TPSA) is 477 Å². The van der Waals surface area contributed by atoms with E-state index in [9.17, 15) is 136 Å². The highest BCUT2D eigenvalue weighted by atomic mass is 32.2. The van der Waals surface area contributed by atoms with Crippen LogP contribution in [0.15, 0.2) is 0 Å². The third-order valence-electron chi connectivity index (χ3n) is 26.3. The van der Waals surface area contributed by atoms with Crippen LogP contribution in [0.1, 0.15) is 173 Å². The fraction of sp³-hybridized carbons (Fsp3) is 0.903. The van der Waals surface area contributed by atoms with Crippen LogP contribution in [0.5, 0.6) is 0 Å². The minimum atomic E-state index is -6.28. The van der Waals surface area contributed by atoms with Gasteiger partial charge in [0.05, 0.1) is 44.7 Å². The summed E-state index contributed by atoms with van der Waals surface area (Å²) in [4.78, 5) is 71.2. The second-order valence-electron chi connectivity index (χ2n) is 32.2. The van der Waals surface area contributed by atoms with Gasteiger partial charge in [-0.15, -0.1) is 11.8 Å². The van der Waals surface area contributed by atoms with Crippen molar-refractivity contribution in [3.8, 4) is 0 Å². The van der Waals surface area contributed by atoms with Crippen molar-refractivity contribution in [3.05, 3.63) is 0 Å². The molecule has 6 saturated heterocycles. The highest BCUT2D eigenvalue weighted by molar-refractivity contribution is 8.01. The van der Waals surface area contributed by atoms with Crippen LogP contribution >= 0.6 is 11.8 Å². The van der Waals surface area contributed by atoms with Crippen molar-refractivity contribution >= 4 is 88.1 Å². The van der Waals surface area contributed by atoms with Gasteiger partial charge in [-0.05, 0) is 152 Å². The van der Waals surface area contributed by atoms with Gasteiger partial charge in [0.25, 0.3) is 0 Å². The third-order valence-corrected chi connectivity index (χ3v) is 31.2. The molecule has 18 aliphatic rings. The molecule has 0 aromatic rings. The molecule has 16 unspecified atom stereocenters. The minimum Gasteiger partial charge on any atom is -0.743 e. The molecule has 16 atom stereocenters. The number of esters is 6. The summed E-state index contributed by atoms with van der Waals surface area (Å²) in [5.41, 5.74) is -6.03. The molecule has 6 aliphatic heterocycles. The van der Waals surface area contributed by atoms with E-state index in [-0.39, 0.29) is 35.5 Å². The van der Waals surface area contributed by atoms with Crippen molar-refractivity contribution < 1.29 is 169 Å². The Morgan fingerprint density at radius 3 is 1.28 bits per heavy atom. The smallest absolute Gasteiger partial charge is 0.428 e. The summed E-state index contributed by atoms with van der Waals surface area (Å²) in [6.45, 7) is 0. The fourth-order valence-electron chi connectivity index (χ4n) is 22.6. The SMILES string of the molecule is O=C(OC12CC3CC(C1)CC(C1(O)CCCC1)(C3)C2)C(F)(F)S(=O)(=O)[O-].O=C(OC1C2CC3CC1CC(C1(O)CCCC1)(C3)C2)C(F)(F)S(=O)(=O)[O-].O=C1OC2C(OC(=O)C(F)(F)S(=O)(=O)[O-])C3OC2C1C3C1(O)CCCC1.O=C1OC2C(OC(=O)C(F)(F)S(=O)(=O)[O-])C3SC2C1C3C1(O)CCCC1. The number of carbonyl (C=O) groups is 6. The van der Waals surface area contributed by atoms with E-state index >= 15 is 0 Å². The molecule has 12 saturated carbocycles. The number of hydrogen-bond acceptors (Lipinski definition) is 30. The number of thioether (sulfide) groups is 1. The second-order valence-corrected chi connectivity index (χ2v) is 39.2. The molecular weight excluding hydrogens is 1520 g/mol. The zero-order chi connectivity index (χ0) is 76.1. The monoisotopic (exact) mass is 1600 g/mol. The van der Waals surface area contributed by atoms with E-state index < -0.39 is 208 Å². The summed E-state index contributed by atoms with van der Waals surface area (Å²) in [6, 6.07) is 0. The molecule has 0 aromatic heterocycles. The van der Waals surface area contributed by atoms with Crippen molar-refractivity contribution in [1.29, 1.82) is 0 Å². The molecule has 6 heterocycles. The molecule has 0 spiro atoms. The highest BCUT2D eigenvalue weighted by Gasteiger charge is 2.76. The molecule has 12 aliphatic carbocycles. The Morgan fingerprint density at radius 1 is 0.433 bits per heavy atom. The van der Waals surface area contributed by atoms with Crippen molar-refractivity contribution in [2.24, 2.45) is 64.1 Å². The number of halogens is 8.